The van der Waals surface area contributed by atoms with Crippen molar-refractivity contribution in [3.05, 3.63) is 152 Å². The molecule has 3 heteroatoms. The van der Waals surface area contributed by atoms with Gasteiger partial charge in [0.25, 0.3) is 0 Å². The summed E-state index contributed by atoms with van der Waals surface area (Å²) in [4.78, 5) is 2.29. The SMILES string of the molecule is c1ccc(N(c2ccc(-c3cccc4c3sc3c5ccccc5ccc43)cc2)c2ccc3c(c2)oc2ccccc23)cc1. The maximum atomic E-state index is 6.26. The number of rotatable bonds is 4. The summed E-state index contributed by atoms with van der Waals surface area (Å²) in [6, 6.07) is 54.1. The molecule has 0 unspecified atom stereocenters. The molecule has 0 aliphatic carbocycles. The molecule has 202 valence electrons. The molecule has 0 bridgehead atoms. The first-order chi connectivity index (χ1) is 21.3. The van der Waals surface area contributed by atoms with Crippen LogP contribution in [0, 0.1) is 0 Å². The minimum atomic E-state index is 0.889. The van der Waals surface area contributed by atoms with E-state index in [0.29, 0.717) is 0 Å². The van der Waals surface area contributed by atoms with E-state index in [1.54, 1.807) is 0 Å². The van der Waals surface area contributed by atoms with E-state index in [2.05, 4.69) is 144 Å². The van der Waals surface area contributed by atoms with E-state index in [1.807, 2.05) is 23.5 Å². The number of benzene rings is 7. The van der Waals surface area contributed by atoms with Crippen LogP contribution in [0.25, 0.3) is 64.0 Å². The molecule has 0 saturated heterocycles. The molecule has 0 aliphatic heterocycles. The van der Waals surface area contributed by atoms with E-state index in [4.69, 9.17) is 4.42 Å². The smallest absolute Gasteiger partial charge is 0.137 e. The van der Waals surface area contributed by atoms with Gasteiger partial charge in [0.15, 0.2) is 0 Å². The number of thiophene rings is 1. The highest BCUT2D eigenvalue weighted by Crippen LogP contribution is 2.44. The quantitative estimate of drug-likeness (QED) is 0.210. The van der Waals surface area contributed by atoms with Crippen LogP contribution in [0.15, 0.2) is 156 Å². The fourth-order valence-corrected chi connectivity index (χ4v) is 7.79. The number of hydrogen-bond donors (Lipinski definition) is 0. The molecule has 0 spiro atoms. The maximum absolute atomic E-state index is 6.26. The van der Waals surface area contributed by atoms with E-state index >= 15 is 0 Å². The van der Waals surface area contributed by atoms with Crippen molar-refractivity contribution in [2.75, 3.05) is 4.90 Å². The fraction of sp³-hybridized carbons (Fsp3) is 0. The Balaban J connectivity index is 1.17. The molecule has 2 nitrogen and oxygen atoms in total. The standard InChI is InChI=1S/C40H25NOS/c1-2-10-28(11-3-1)41(30-22-24-34-33-13-6-7-16-37(33)42-38(34)25-30)29-20-17-27(18-21-29)32-14-8-15-35-36-23-19-26-9-4-5-12-31(26)40(36)43-39(32)35/h1-25H. The summed E-state index contributed by atoms with van der Waals surface area (Å²) in [5.41, 5.74) is 7.54. The number of anilines is 3. The van der Waals surface area contributed by atoms with Crippen LogP contribution in [-0.4, -0.2) is 0 Å². The third-order valence-electron chi connectivity index (χ3n) is 8.46. The third-order valence-corrected chi connectivity index (χ3v) is 9.75. The fourth-order valence-electron chi connectivity index (χ4n) is 6.42. The highest BCUT2D eigenvalue weighted by molar-refractivity contribution is 7.27. The lowest BCUT2D eigenvalue weighted by Gasteiger charge is -2.25. The van der Waals surface area contributed by atoms with E-state index in [9.17, 15) is 0 Å². The minimum Gasteiger partial charge on any atom is -0.456 e. The van der Waals surface area contributed by atoms with E-state index in [0.717, 1.165) is 39.0 Å². The molecule has 0 aliphatic rings. The Morgan fingerprint density at radius 3 is 1.95 bits per heavy atom. The molecule has 43 heavy (non-hydrogen) atoms. The highest BCUT2D eigenvalue weighted by Gasteiger charge is 2.17. The van der Waals surface area contributed by atoms with E-state index in [1.165, 1.54) is 42.1 Å². The van der Waals surface area contributed by atoms with Gasteiger partial charge in [0.1, 0.15) is 11.2 Å². The Morgan fingerprint density at radius 1 is 0.419 bits per heavy atom. The maximum Gasteiger partial charge on any atom is 0.137 e. The molecular formula is C40H25NOS. The largest absolute Gasteiger partial charge is 0.456 e. The van der Waals surface area contributed by atoms with Crippen LogP contribution in [0.1, 0.15) is 0 Å². The zero-order chi connectivity index (χ0) is 28.3. The van der Waals surface area contributed by atoms with Crippen molar-refractivity contribution in [1.82, 2.24) is 0 Å². The van der Waals surface area contributed by atoms with Crippen molar-refractivity contribution in [1.29, 1.82) is 0 Å². The lowest BCUT2D eigenvalue weighted by atomic mass is 10.0. The zero-order valence-corrected chi connectivity index (χ0v) is 24.0. The third kappa shape index (κ3) is 3.86. The second-order valence-corrected chi connectivity index (χ2v) is 12.0. The monoisotopic (exact) mass is 567 g/mol. The Hall–Kier alpha value is -5.38. The predicted octanol–water partition coefficient (Wildman–Crippen LogP) is 12.2. The van der Waals surface area contributed by atoms with Gasteiger partial charge in [0.2, 0.25) is 0 Å². The van der Waals surface area contributed by atoms with Crippen molar-refractivity contribution in [3.8, 4) is 11.1 Å². The van der Waals surface area contributed by atoms with Gasteiger partial charge in [-0.25, -0.2) is 0 Å². The molecule has 0 radical (unpaired) electrons. The number of fused-ring (bicyclic) bond motifs is 8. The molecular weight excluding hydrogens is 543 g/mol. The van der Waals surface area contributed by atoms with Crippen LogP contribution in [0.5, 0.6) is 0 Å². The molecule has 0 saturated carbocycles. The van der Waals surface area contributed by atoms with Gasteiger partial charge in [-0.3, -0.25) is 0 Å². The van der Waals surface area contributed by atoms with Gasteiger partial charge in [0, 0.05) is 54.1 Å². The summed E-state index contributed by atoms with van der Waals surface area (Å²) >= 11 is 1.90. The lowest BCUT2D eigenvalue weighted by molar-refractivity contribution is 0.669. The van der Waals surface area contributed by atoms with Gasteiger partial charge < -0.3 is 9.32 Å². The number of nitrogens with zero attached hydrogens (tertiary/aromatic N) is 1. The predicted molar refractivity (Wildman–Crippen MR) is 184 cm³/mol. The van der Waals surface area contributed by atoms with Gasteiger partial charge in [-0.15, -0.1) is 11.3 Å². The van der Waals surface area contributed by atoms with Crippen LogP contribution in [0.4, 0.5) is 17.1 Å². The molecule has 0 N–H and O–H groups in total. The zero-order valence-electron chi connectivity index (χ0n) is 23.2. The summed E-state index contributed by atoms with van der Waals surface area (Å²) < 4.78 is 8.94. The topological polar surface area (TPSA) is 16.4 Å². The van der Waals surface area contributed by atoms with Gasteiger partial charge >= 0.3 is 0 Å². The van der Waals surface area contributed by atoms with Crippen molar-refractivity contribution in [2.45, 2.75) is 0 Å². The first-order valence-corrected chi connectivity index (χ1v) is 15.3. The van der Waals surface area contributed by atoms with Crippen LogP contribution >= 0.6 is 11.3 Å². The molecule has 0 amide bonds. The highest BCUT2D eigenvalue weighted by atomic mass is 32.1. The summed E-state index contributed by atoms with van der Waals surface area (Å²) in [6.07, 6.45) is 0. The van der Waals surface area contributed by atoms with Gasteiger partial charge in [-0.2, -0.15) is 0 Å². The Kier molecular flexibility index (Phi) is 5.40. The average Bonchev–Trinajstić information content (AvgIpc) is 3.64. The average molecular weight is 568 g/mol. The van der Waals surface area contributed by atoms with Crippen molar-refractivity contribution < 1.29 is 4.42 Å². The number of hydrogen-bond acceptors (Lipinski definition) is 3. The summed E-state index contributed by atoms with van der Waals surface area (Å²) in [7, 11) is 0. The molecule has 2 heterocycles. The van der Waals surface area contributed by atoms with Crippen molar-refractivity contribution in [2.24, 2.45) is 0 Å². The van der Waals surface area contributed by atoms with E-state index in [-0.39, 0.29) is 0 Å². The number of furan rings is 1. The Labute approximate surface area is 252 Å². The molecule has 7 aromatic carbocycles. The van der Waals surface area contributed by atoms with Crippen molar-refractivity contribution in [3.63, 3.8) is 0 Å². The molecule has 0 fully saturated rings. The van der Waals surface area contributed by atoms with Crippen LogP contribution in [-0.2, 0) is 0 Å². The molecule has 0 atom stereocenters. The Bertz CT molecular complexity index is 2450. The Morgan fingerprint density at radius 2 is 1.07 bits per heavy atom. The van der Waals surface area contributed by atoms with Crippen LogP contribution in [0.3, 0.4) is 0 Å². The second kappa shape index (κ2) is 9.59. The molecule has 9 rings (SSSR count). The first-order valence-electron chi connectivity index (χ1n) is 14.5. The lowest BCUT2D eigenvalue weighted by Crippen LogP contribution is -2.09. The molecule has 9 aromatic rings. The normalized spacial score (nSPS) is 11.7. The van der Waals surface area contributed by atoms with Crippen molar-refractivity contribution >= 4 is 81.3 Å². The number of para-hydroxylation sites is 2. The van der Waals surface area contributed by atoms with Crippen LogP contribution in [0.2, 0.25) is 0 Å². The first kappa shape index (κ1) is 24.2. The van der Waals surface area contributed by atoms with Gasteiger partial charge in [-0.05, 0) is 64.4 Å². The second-order valence-electron chi connectivity index (χ2n) is 10.9. The summed E-state index contributed by atoms with van der Waals surface area (Å²) in [5.74, 6) is 0. The van der Waals surface area contributed by atoms with E-state index < -0.39 is 0 Å². The van der Waals surface area contributed by atoms with Crippen LogP contribution < -0.4 is 4.90 Å². The summed E-state index contributed by atoms with van der Waals surface area (Å²) in [6.45, 7) is 0. The molecule has 2 aromatic heterocycles. The van der Waals surface area contributed by atoms with Gasteiger partial charge in [-0.1, -0.05) is 103 Å². The minimum absolute atomic E-state index is 0.889. The van der Waals surface area contributed by atoms with Gasteiger partial charge in [0.05, 0.1) is 0 Å². The summed E-state index contributed by atoms with van der Waals surface area (Å²) in [5, 5.41) is 7.53.